The van der Waals surface area contributed by atoms with E-state index in [0.717, 1.165) is 32.7 Å². The predicted octanol–water partition coefficient (Wildman–Crippen LogP) is 2.67. The number of pyridine rings is 1. The second-order valence-electron chi connectivity index (χ2n) is 6.63. The number of rotatable bonds is 3. The van der Waals surface area contributed by atoms with Crippen LogP contribution in [0.2, 0.25) is 0 Å². The summed E-state index contributed by atoms with van der Waals surface area (Å²) in [6.07, 6.45) is 2.92. The molecule has 4 rings (SSSR count). The van der Waals surface area contributed by atoms with E-state index in [1.54, 1.807) is 6.20 Å². The molecule has 2 aliphatic rings. The quantitative estimate of drug-likeness (QED) is 0.947. The highest BCUT2D eigenvalue weighted by molar-refractivity contribution is 5.32. The third-order valence-electron chi connectivity index (χ3n) is 5.24. The number of benzene rings is 1. The van der Waals surface area contributed by atoms with Crippen molar-refractivity contribution < 1.29 is 4.74 Å². The summed E-state index contributed by atoms with van der Waals surface area (Å²) in [6.45, 7) is 3.78. The third kappa shape index (κ3) is 2.96. The number of nitrogens with zero attached hydrogens (tertiary/aromatic N) is 2. The van der Waals surface area contributed by atoms with Gasteiger partial charge < -0.3 is 10.5 Å². The van der Waals surface area contributed by atoms with Crippen LogP contribution in [0.4, 0.5) is 5.82 Å². The van der Waals surface area contributed by atoms with Gasteiger partial charge in [0, 0.05) is 43.8 Å². The molecular formula is C19H23N3O. The highest BCUT2D eigenvalue weighted by atomic mass is 16.5. The van der Waals surface area contributed by atoms with Crippen LogP contribution in [-0.2, 0) is 11.3 Å². The molecule has 0 aliphatic carbocycles. The second kappa shape index (κ2) is 6.30. The number of hydrogen-bond donors (Lipinski definition) is 1. The number of aromatic nitrogens is 1. The number of nitrogens with two attached hydrogens (primary N) is 1. The van der Waals surface area contributed by atoms with Gasteiger partial charge in [0.25, 0.3) is 0 Å². The topological polar surface area (TPSA) is 51.4 Å². The monoisotopic (exact) mass is 309 g/mol. The van der Waals surface area contributed by atoms with Gasteiger partial charge in [0.05, 0.1) is 6.61 Å². The van der Waals surface area contributed by atoms with Crippen LogP contribution in [0.15, 0.2) is 48.7 Å². The lowest BCUT2D eigenvalue weighted by Gasteiger charge is -2.32. The molecule has 2 N–H and O–H groups in total. The van der Waals surface area contributed by atoms with E-state index in [4.69, 9.17) is 10.5 Å². The fourth-order valence-corrected chi connectivity index (χ4v) is 4.17. The second-order valence-corrected chi connectivity index (χ2v) is 6.63. The van der Waals surface area contributed by atoms with Crippen LogP contribution in [0.25, 0.3) is 0 Å². The van der Waals surface area contributed by atoms with Crippen molar-refractivity contribution in [1.82, 2.24) is 9.88 Å². The van der Waals surface area contributed by atoms with Gasteiger partial charge in [-0.1, -0.05) is 30.3 Å². The summed E-state index contributed by atoms with van der Waals surface area (Å²) in [7, 11) is 0. The average Bonchev–Trinajstić information content (AvgIpc) is 2.95. The SMILES string of the molecule is Nc1cc(CN2C[C@H](c3ccccc3)[C@H]3COCC[C@H]32)ccn1. The minimum Gasteiger partial charge on any atom is -0.384 e. The highest BCUT2D eigenvalue weighted by Gasteiger charge is 2.43. The summed E-state index contributed by atoms with van der Waals surface area (Å²) in [4.78, 5) is 6.71. The maximum absolute atomic E-state index is 5.83. The Bertz CT molecular complexity index is 661. The Morgan fingerprint density at radius 3 is 2.91 bits per heavy atom. The summed E-state index contributed by atoms with van der Waals surface area (Å²) in [5.74, 6) is 1.75. The standard InChI is InChI=1S/C19H23N3O/c20-19-10-14(6-8-21-19)11-22-12-16(15-4-2-1-3-5-15)17-13-23-9-7-18(17)22/h1-6,8,10,16-18H,7,9,11-13H2,(H2,20,21)/t16-,17-,18-/m1/s1. The van der Waals surface area contributed by atoms with Gasteiger partial charge in [-0.25, -0.2) is 4.98 Å². The Balaban J connectivity index is 1.58. The molecule has 4 heteroatoms. The average molecular weight is 309 g/mol. The van der Waals surface area contributed by atoms with E-state index >= 15 is 0 Å². The lowest BCUT2D eigenvalue weighted by atomic mass is 9.84. The number of likely N-dealkylation sites (tertiary alicyclic amines) is 1. The minimum atomic E-state index is 0.556. The van der Waals surface area contributed by atoms with Crippen molar-refractivity contribution in [3.63, 3.8) is 0 Å². The van der Waals surface area contributed by atoms with Crippen molar-refractivity contribution in [3.8, 4) is 0 Å². The normalized spacial score (nSPS) is 27.7. The molecule has 0 unspecified atom stereocenters. The molecule has 2 aliphatic heterocycles. The van der Waals surface area contributed by atoms with E-state index in [-0.39, 0.29) is 0 Å². The van der Waals surface area contributed by atoms with E-state index in [9.17, 15) is 0 Å². The van der Waals surface area contributed by atoms with Gasteiger partial charge in [-0.2, -0.15) is 0 Å². The molecule has 1 aromatic heterocycles. The summed E-state index contributed by atoms with van der Waals surface area (Å²) in [6, 6.07) is 15.5. The Kier molecular flexibility index (Phi) is 4.02. The van der Waals surface area contributed by atoms with E-state index in [1.165, 1.54) is 11.1 Å². The van der Waals surface area contributed by atoms with Crippen LogP contribution >= 0.6 is 0 Å². The molecule has 2 aromatic rings. The first-order valence-corrected chi connectivity index (χ1v) is 8.38. The zero-order valence-electron chi connectivity index (χ0n) is 13.3. The Hall–Kier alpha value is -1.91. The van der Waals surface area contributed by atoms with Crippen molar-refractivity contribution in [2.75, 3.05) is 25.5 Å². The Morgan fingerprint density at radius 2 is 2.09 bits per heavy atom. The zero-order chi connectivity index (χ0) is 15.6. The zero-order valence-corrected chi connectivity index (χ0v) is 13.3. The number of ether oxygens (including phenoxy) is 1. The molecule has 2 fully saturated rings. The molecule has 0 amide bonds. The van der Waals surface area contributed by atoms with Crippen LogP contribution in [0, 0.1) is 5.92 Å². The maximum atomic E-state index is 5.83. The molecule has 0 bridgehead atoms. The largest absolute Gasteiger partial charge is 0.384 e. The van der Waals surface area contributed by atoms with Gasteiger partial charge in [0.2, 0.25) is 0 Å². The van der Waals surface area contributed by atoms with Crippen molar-refractivity contribution in [3.05, 3.63) is 59.8 Å². The fraction of sp³-hybridized carbons (Fsp3) is 0.421. The first kappa shape index (κ1) is 14.7. The van der Waals surface area contributed by atoms with E-state index in [2.05, 4.69) is 46.3 Å². The summed E-state index contributed by atoms with van der Waals surface area (Å²) >= 11 is 0. The van der Waals surface area contributed by atoms with Gasteiger partial charge in [-0.3, -0.25) is 4.90 Å². The first-order valence-electron chi connectivity index (χ1n) is 8.38. The van der Waals surface area contributed by atoms with Crippen LogP contribution < -0.4 is 5.73 Å². The fourth-order valence-electron chi connectivity index (χ4n) is 4.17. The number of anilines is 1. The number of hydrogen-bond acceptors (Lipinski definition) is 4. The van der Waals surface area contributed by atoms with Crippen molar-refractivity contribution >= 4 is 5.82 Å². The van der Waals surface area contributed by atoms with Crippen LogP contribution in [0.1, 0.15) is 23.5 Å². The molecule has 4 nitrogen and oxygen atoms in total. The molecule has 1 aromatic carbocycles. The van der Waals surface area contributed by atoms with Gasteiger partial charge >= 0.3 is 0 Å². The van der Waals surface area contributed by atoms with Crippen molar-refractivity contribution in [1.29, 1.82) is 0 Å². The Labute approximate surface area is 137 Å². The van der Waals surface area contributed by atoms with Gasteiger partial charge in [-0.15, -0.1) is 0 Å². The van der Waals surface area contributed by atoms with Crippen LogP contribution in [-0.4, -0.2) is 35.7 Å². The molecule has 3 heterocycles. The lowest BCUT2D eigenvalue weighted by molar-refractivity contribution is 0.0177. The third-order valence-corrected chi connectivity index (χ3v) is 5.24. The van der Waals surface area contributed by atoms with E-state index in [0.29, 0.717) is 23.7 Å². The lowest BCUT2D eigenvalue weighted by Crippen LogP contribution is -2.38. The van der Waals surface area contributed by atoms with Gasteiger partial charge in [0.1, 0.15) is 5.82 Å². The molecule has 120 valence electrons. The van der Waals surface area contributed by atoms with Gasteiger partial charge in [0.15, 0.2) is 0 Å². The van der Waals surface area contributed by atoms with E-state index < -0.39 is 0 Å². The van der Waals surface area contributed by atoms with E-state index in [1.807, 2.05) is 6.07 Å². The minimum absolute atomic E-state index is 0.556. The first-order chi connectivity index (χ1) is 11.3. The molecule has 3 atom stereocenters. The van der Waals surface area contributed by atoms with Crippen molar-refractivity contribution in [2.45, 2.75) is 24.9 Å². The predicted molar refractivity (Wildman–Crippen MR) is 91.0 cm³/mol. The summed E-state index contributed by atoms with van der Waals surface area (Å²) in [5, 5.41) is 0. The molecule has 0 spiro atoms. The summed E-state index contributed by atoms with van der Waals surface area (Å²) < 4.78 is 5.80. The number of fused-ring (bicyclic) bond motifs is 1. The van der Waals surface area contributed by atoms with Crippen LogP contribution in [0.5, 0.6) is 0 Å². The summed E-state index contributed by atoms with van der Waals surface area (Å²) in [5.41, 5.74) is 8.52. The highest BCUT2D eigenvalue weighted by Crippen LogP contribution is 2.41. The molecule has 0 radical (unpaired) electrons. The molecule has 23 heavy (non-hydrogen) atoms. The molecule has 2 saturated heterocycles. The maximum Gasteiger partial charge on any atom is 0.123 e. The smallest absolute Gasteiger partial charge is 0.123 e. The number of nitrogen functional groups attached to an aromatic ring is 1. The molecule has 0 saturated carbocycles. The molecular weight excluding hydrogens is 286 g/mol. The van der Waals surface area contributed by atoms with Gasteiger partial charge in [-0.05, 0) is 29.7 Å². The van der Waals surface area contributed by atoms with Crippen molar-refractivity contribution in [2.24, 2.45) is 5.92 Å². The Morgan fingerprint density at radius 1 is 1.22 bits per heavy atom. The van der Waals surface area contributed by atoms with Crippen LogP contribution in [0.3, 0.4) is 0 Å².